The highest BCUT2D eigenvalue weighted by Crippen LogP contribution is 2.28. The van der Waals surface area contributed by atoms with Gasteiger partial charge in [0.25, 0.3) is 5.91 Å². The summed E-state index contributed by atoms with van der Waals surface area (Å²) in [5.74, 6) is -0.951. The zero-order valence-corrected chi connectivity index (χ0v) is 11.7. The molecule has 0 aliphatic rings. The molecule has 0 aliphatic carbocycles. The van der Waals surface area contributed by atoms with Crippen molar-refractivity contribution in [2.45, 2.75) is 20.0 Å². The normalized spacial score (nSPS) is 11.8. The van der Waals surface area contributed by atoms with Crippen molar-refractivity contribution < 1.29 is 23.4 Å². The number of ether oxygens (including phenoxy) is 1. The monoisotopic (exact) mass is 309 g/mol. The number of hydrogen-bond donors (Lipinski definition) is 1. The van der Waals surface area contributed by atoms with E-state index in [2.05, 4.69) is 10.5 Å². The van der Waals surface area contributed by atoms with E-state index in [9.17, 15) is 19.3 Å². The van der Waals surface area contributed by atoms with Crippen LogP contribution in [-0.4, -0.2) is 22.1 Å². The maximum absolute atomic E-state index is 13.2. The Kier molecular flexibility index (Phi) is 4.35. The number of hydrogen-bond acceptors (Lipinski definition) is 6. The van der Waals surface area contributed by atoms with Crippen LogP contribution < -0.4 is 10.1 Å². The molecule has 1 amide bonds. The van der Waals surface area contributed by atoms with E-state index < -0.39 is 28.4 Å². The van der Waals surface area contributed by atoms with Crippen LogP contribution in [-0.2, 0) is 4.79 Å². The number of nitro groups is 1. The van der Waals surface area contributed by atoms with Gasteiger partial charge in [-0.15, -0.1) is 0 Å². The van der Waals surface area contributed by atoms with Crippen molar-refractivity contribution in [1.82, 2.24) is 5.16 Å². The number of aryl methyl sites for hydroxylation is 1. The minimum absolute atomic E-state index is 0.187. The van der Waals surface area contributed by atoms with E-state index in [-0.39, 0.29) is 11.6 Å². The smallest absolute Gasteiger partial charge is 0.311 e. The summed E-state index contributed by atoms with van der Waals surface area (Å²) in [6, 6.07) is 4.25. The zero-order chi connectivity index (χ0) is 16.3. The molecule has 1 atom stereocenters. The van der Waals surface area contributed by atoms with E-state index in [1.807, 2.05) is 0 Å². The summed E-state index contributed by atoms with van der Waals surface area (Å²) < 4.78 is 23.1. The second kappa shape index (κ2) is 6.20. The second-order valence-corrected chi connectivity index (χ2v) is 4.44. The van der Waals surface area contributed by atoms with Crippen LogP contribution >= 0.6 is 0 Å². The molecule has 116 valence electrons. The van der Waals surface area contributed by atoms with Crippen molar-refractivity contribution >= 4 is 17.4 Å². The number of rotatable bonds is 5. The molecule has 0 saturated carbocycles. The topological polar surface area (TPSA) is 108 Å². The summed E-state index contributed by atoms with van der Waals surface area (Å²) in [6.45, 7) is 3.02. The first-order chi connectivity index (χ1) is 10.4. The Morgan fingerprint density at radius 3 is 2.82 bits per heavy atom. The Hall–Kier alpha value is -2.97. The molecule has 22 heavy (non-hydrogen) atoms. The summed E-state index contributed by atoms with van der Waals surface area (Å²) in [4.78, 5) is 22.0. The maximum atomic E-state index is 13.2. The summed E-state index contributed by atoms with van der Waals surface area (Å²) in [5.41, 5.74) is -0.432. The van der Waals surface area contributed by atoms with Crippen LogP contribution in [0.1, 0.15) is 12.7 Å². The van der Waals surface area contributed by atoms with Crippen LogP contribution in [0.25, 0.3) is 0 Å². The summed E-state index contributed by atoms with van der Waals surface area (Å²) in [7, 11) is 0. The van der Waals surface area contributed by atoms with Gasteiger partial charge in [0.15, 0.2) is 11.9 Å². The van der Waals surface area contributed by atoms with Gasteiger partial charge in [0.05, 0.1) is 4.92 Å². The Morgan fingerprint density at radius 1 is 1.50 bits per heavy atom. The highest BCUT2D eigenvalue weighted by atomic mass is 19.1. The fraction of sp³-hybridized carbons (Fsp3) is 0.231. The van der Waals surface area contributed by atoms with Gasteiger partial charge in [-0.25, -0.2) is 4.39 Å². The lowest BCUT2D eigenvalue weighted by Crippen LogP contribution is -2.30. The van der Waals surface area contributed by atoms with Crippen molar-refractivity contribution in [2.24, 2.45) is 0 Å². The highest BCUT2D eigenvalue weighted by Gasteiger charge is 2.22. The third kappa shape index (κ3) is 3.57. The first-order valence-electron chi connectivity index (χ1n) is 6.21. The van der Waals surface area contributed by atoms with Crippen molar-refractivity contribution in [1.29, 1.82) is 0 Å². The lowest BCUT2D eigenvalue weighted by Gasteiger charge is -2.13. The molecule has 2 rings (SSSR count). The van der Waals surface area contributed by atoms with Crippen LogP contribution in [0.3, 0.4) is 0 Å². The molecule has 1 heterocycles. The molecular formula is C13H12FN3O5. The second-order valence-electron chi connectivity index (χ2n) is 4.44. The predicted octanol–water partition coefficient (Wildman–Crippen LogP) is 2.44. The van der Waals surface area contributed by atoms with Gasteiger partial charge in [-0.3, -0.25) is 14.9 Å². The summed E-state index contributed by atoms with van der Waals surface area (Å²) >= 11 is 0. The first-order valence-corrected chi connectivity index (χ1v) is 6.21. The van der Waals surface area contributed by atoms with Crippen molar-refractivity contribution in [3.05, 3.63) is 46.0 Å². The molecule has 0 radical (unpaired) electrons. The van der Waals surface area contributed by atoms with E-state index in [1.165, 1.54) is 13.0 Å². The van der Waals surface area contributed by atoms with Gasteiger partial charge >= 0.3 is 5.69 Å². The molecule has 9 heteroatoms. The van der Waals surface area contributed by atoms with Crippen LogP contribution in [0.4, 0.5) is 15.9 Å². The molecular weight excluding hydrogens is 297 g/mol. The van der Waals surface area contributed by atoms with Gasteiger partial charge in [-0.05, 0) is 19.9 Å². The fourth-order valence-corrected chi connectivity index (χ4v) is 1.63. The Morgan fingerprint density at radius 2 is 2.23 bits per heavy atom. The average Bonchev–Trinajstić information content (AvgIpc) is 2.83. The number of nitrogens with zero attached hydrogens (tertiary/aromatic N) is 2. The molecule has 1 N–H and O–H groups in total. The van der Waals surface area contributed by atoms with Crippen LogP contribution in [0.5, 0.6) is 5.75 Å². The molecule has 0 fully saturated rings. The Labute approximate surface area is 124 Å². The average molecular weight is 309 g/mol. The van der Waals surface area contributed by atoms with Crippen LogP contribution in [0, 0.1) is 22.9 Å². The van der Waals surface area contributed by atoms with Crippen molar-refractivity contribution in [3.63, 3.8) is 0 Å². The molecule has 0 aliphatic heterocycles. The van der Waals surface area contributed by atoms with Crippen molar-refractivity contribution in [2.75, 3.05) is 5.32 Å². The lowest BCUT2D eigenvalue weighted by atomic mass is 10.2. The van der Waals surface area contributed by atoms with Crippen molar-refractivity contribution in [3.8, 4) is 5.75 Å². The van der Waals surface area contributed by atoms with E-state index in [1.54, 1.807) is 6.92 Å². The molecule has 2 aromatic rings. The fourth-order valence-electron chi connectivity index (χ4n) is 1.63. The molecule has 0 spiro atoms. The summed E-state index contributed by atoms with van der Waals surface area (Å²) in [5, 5.41) is 16.8. The molecule has 0 unspecified atom stereocenters. The van der Waals surface area contributed by atoms with Gasteiger partial charge < -0.3 is 14.6 Å². The quantitative estimate of drug-likeness (QED) is 0.671. The predicted molar refractivity (Wildman–Crippen MR) is 73.0 cm³/mol. The third-order valence-electron chi connectivity index (χ3n) is 2.67. The number of aromatic nitrogens is 1. The van der Waals surface area contributed by atoms with E-state index >= 15 is 0 Å². The van der Waals surface area contributed by atoms with E-state index in [0.29, 0.717) is 5.76 Å². The molecule has 1 aromatic carbocycles. The SMILES string of the molecule is Cc1cc(NC(=O)[C@H](C)Oc2cc(F)ccc2[N+](=O)[O-])no1. The zero-order valence-electron chi connectivity index (χ0n) is 11.7. The first kappa shape index (κ1) is 15.4. The highest BCUT2D eigenvalue weighted by molar-refractivity contribution is 5.93. The Bertz CT molecular complexity index is 715. The van der Waals surface area contributed by atoms with E-state index in [4.69, 9.17) is 9.26 Å². The lowest BCUT2D eigenvalue weighted by molar-refractivity contribution is -0.386. The molecule has 0 saturated heterocycles. The number of halogens is 1. The number of amides is 1. The minimum Gasteiger partial charge on any atom is -0.474 e. The van der Waals surface area contributed by atoms with Gasteiger partial charge in [0.2, 0.25) is 5.75 Å². The van der Waals surface area contributed by atoms with Gasteiger partial charge in [0.1, 0.15) is 11.6 Å². The summed E-state index contributed by atoms with van der Waals surface area (Å²) in [6.07, 6.45) is -1.10. The number of carbonyl (C=O) groups is 1. The minimum atomic E-state index is -1.10. The van der Waals surface area contributed by atoms with Gasteiger partial charge in [-0.1, -0.05) is 5.16 Å². The molecule has 0 bridgehead atoms. The molecule has 8 nitrogen and oxygen atoms in total. The van der Waals surface area contributed by atoms with E-state index in [0.717, 1.165) is 18.2 Å². The van der Waals surface area contributed by atoms with Gasteiger partial charge in [-0.2, -0.15) is 0 Å². The largest absolute Gasteiger partial charge is 0.474 e. The molecule has 1 aromatic heterocycles. The van der Waals surface area contributed by atoms with Gasteiger partial charge in [0, 0.05) is 18.2 Å². The third-order valence-corrected chi connectivity index (χ3v) is 2.67. The number of benzene rings is 1. The van der Waals surface area contributed by atoms with Crippen LogP contribution in [0.2, 0.25) is 0 Å². The number of carbonyl (C=O) groups excluding carboxylic acids is 1. The number of anilines is 1. The Balaban J connectivity index is 2.11. The van der Waals surface area contributed by atoms with Crippen LogP contribution in [0.15, 0.2) is 28.8 Å². The number of nitrogens with one attached hydrogen (secondary N) is 1. The standard InChI is InChI=1S/C13H12FN3O5/c1-7-5-12(16-22-7)15-13(18)8(2)21-11-6-9(14)3-4-10(11)17(19)20/h3-6,8H,1-2H3,(H,15,16,18)/t8-/m0/s1. The maximum Gasteiger partial charge on any atom is 0.311 e. The number of nitro benzene ring substituents is 1.